The van der Waals surface area contributed by atoms with Crippen LogP contribution in [0.15, 0.2) is 0 Å². The molecular weight excluding hydrogens is 128 g/mol. The quantitative estimate of drug-likeness (QED) is 0.340. The highest BCUT2D eigenvalue weighted by Crippen LogP contribution is 1.55. The average Bonchev–Trinajstić information content (AvgIpc) is 1.68. The van der Waals surface area contributed by atoms with Gasteiger partial charge in [-0.2, -0.15) is 0 Å². The van der Waals surface area contributed by atoms with Crippen LogP contribution in [-0.4, -0.2) is 29.4 Å². The summed E-state index contributed by atoms with van der Waals surface area (Å²) < 4.78 is 0. The van der Waals surface area contributed by atoms with Crippen molar-refractivity contribution in [3.8, 4) is 0 Å². The van der Waals surface area contributed by atoms with Gasteiger partial charge < -0.3 is 15.9 Å². The highest BCUT2D eigenvalue weighted by atomic mass is 16.4. The lowest BCUT2D eigenvalue weighted by atomic mass is 11.0. The van der Waals surface area contributed by atoms with Gasteiger partial charge in [-0.3, -0.25) is 0 Å². The lowest BCUT2D eigenvalue weighted by Crippen LogP contribution is -2.33. The highest BCUT2D eigenvalue weighted by molar-refractivity contribution is 5.88. The number of nitrogens with two attached hydrogens (primary N) is 1. The van der Waals surface area contributed by atoms with Crippen molar-refractivity contribution in [1.82, 2.24) is 5.32 Å². The van der Waals surface area contributed by atoms with Crippen LogP contribution in [0.4, 0.5) is 9.59 Å². The number of hydrogen-bond donors (Lipinski definition) is 4. The summed E-state index contributed by atoms with van der Waals surface area (Å²) in [4.78, 5) is 18.9. The fourth-order valence-corrected chi connectivity index (χ4v) is 0.105. The maximum Gasteiger partial charge on any atom is 0.412 e. The Morgan fingerprint density at radius 3 is 1.78 bits per heavy atom. The number of carboxylic acid groups (broad SMARTS) is 1. The second kappa shape index (κ2) is 6.70. The molecule has 6 nitrogen and oxygen atoms in total. The van der Waals surface area contributed by atoms with Gasteiger partial charge in [0.1, 0.15) is 0 Å². The van der Waals surface area contributed by atoms with Crippen molar-refractivity contribution in [2.75, 3.05) is 7.11 Å². The summed E-state index contributed by atoms with van der Waals surface area (Å²) in [5.74, 6) is 0. The van der Waals surface area contributed by atoms with Gasteiger partial charge in [-0.05, 0) is 0 Å². The molecule has 0 fully saturated rings. The third-order valence-corrected chi connectivity index (χ3v) is 0.230. The first kappa shape index (κ1) is 10.6. The van der Waals surface area contributed by atoms with Gasteiger partial charge in [0, 0.05) is 7.11 Å². The minimum atomic E-state index is -1.44. The molecule has 54 valence electrons. The van der Waals surface area contributed by atoms with E-state index in [2.05, 4.69) is 5.73 Å². The van der Waals surface area contributed by atoms with Crippen molar-refractivity contribution in [2.24, 2.45) is 5.73 Å². The standard InChI is InChI=1S/C2H4N2O3.CH4O/c3-1(5)4-2(6)7;1-2/h(H,6,7)(H3,3,4,5);2H,1H3. The van der Waals surface area contributed by atoms with E-state index in [0.29, 0.717) is 0 Å². The molecule has 0 heterocycles. The predicted molar refractivity (Wildman–Crippen MR) is 28.9 cm³/mol. The average molecular weight is 136 g/mol. The van der Waals surface area contributed by atoms with Crippen LogP contribution < -0.4 is 11.1 Å². The predicted octanol–water partition coefficient (Wildman–Crippen LogP) is -1.06. The summed E-state index contributed by atoms with van der Waals surface area (Å²) in [6.45, 7) is 0. The van der Waals surface area contributed by atoms with Crippen molar-refractivity contribution in [3.63, 3.8) is 0 Å². The van der Waals surface area contributed by atoms with Gasteiger partial charge in [0.05, 0.1) is 0 Å². The number of aliphatic hydroxyl groups excluding tert-OH is 1. The number of imide groups is 1. The second-order valence-corrected chi connectivity index (χ2v) is 0.794. The van der Waals surface area contributed by atoms with E-state index in [9.17, 15) is 9.59 Å². The Kier molecular flexibility index (Phi) is 7.92. The monoisotopic (exact) mass is 136 g/mol. The molecule has 0 aromatic carbocycles. The van der Waals surface area contributed by atoms with Gasteiger partial charge in [0.15, 0.2) is 0 Å². The molecule has 0 saturated heterocycles. The number of primary amides is 1. The highest BCUT2D eigenvalue weighted by Gasteiger charge is 1.94. The lowest BCUT2D eigenvalue weighted by molar-refractivity contribution is 0.193. The number of nitrogens with one attached hydrogen (secondary N) is 1. The van der Waals surface area contributed by atoms with Crippen LogP contribution in [0.2, 0.25) is 0 Å². The van der Waals surface area contributed by atoms with Crippen molar-refractivity contribution < 1.29 is 19.8 Å². The molecule has 0 aromatic heterocycles. The van der Waals surface area contributed by atoms with E-state index < -0.39 is 12.1 Å². The van der Waals surface area contributed by atoms with E-state index in [1.165, 1.54) is 5.32 Å². The first-order chi connectivity index (χ1) is 4.13. The van der Waals surface area contributed by atoms with Crippen LogP contribution in [0.1, 0.15) is 0 Å². The Balaban J connectivity index is 0. The summed E-state index contributed by atoms with van der Waals surface area (Å²) >= 11 is 0. The summed E-state index contributed by atoms with van der Waals surface area (Å²) in [6, 6.07) is -1.06. The molecule has 0 saturated carbocycles. The zero-order chi connectivity index (χ0) is 7.86. The number of amides is 3. The number of carbonyl (C=O) groups excluding carboxylic acids is 1. The molecule has 0 radical (unpaired) electrons. The molecule has 3 amide bonds. The van der Waals surface area contributed by atoms with Gasteiger partial charge in [-0.25, -0.2) is 14.9 Å². The molecule has 5 N–H and O–H groups in total. The number of hydrogen-bond acceptors (Lipinski definition) is 3. The Hall–Kier alpha value is -1.30. The fraction of sp³-hybridized carbons (Fsp3) is 0.333. The molecule has 0 atom stereocenters. The number of carbonyl (C=O) groups is 2. The van der Waals surface area contributed by atoms with Gasteiger partial charge in [-0.1, -0.05) is 0 Å². The smallest absolute Gasteiger partial charge is 0.412 e. The minimum absolute atomic E-state index is 1.00. The Labute approximate surface area is 51.3 Å². The molecule has 0 rings (SSSR count). The summed E-state index contributed by atoms with van der Waals surface area (Å²) in [6.07, 6.45) is -1.44. The minimum Gasteiger partial charge on any atom is -0.465 e. The zero-order valence-corrected chi connectivity index (χ0v) is 4.79. The molecule has 0 aliphatic rings. The largest absolute Gasteiger partial charge is 0.465 e. The van der Waals surface area contributed by atoms with E-state index in [-0.39, 0.29) is 0 Å². The summed E-state index contributed by atoms with van der Waals surface area (Å²) in [5.41, 5.74) is 4.36. The van der Waals surface area contributed by atoms with Gasteiger partial charge in [0.25, 0.3) is 0 Å². The van der Waals surface area contributed by atoms with Crippen LogP contribution in [0.3, 0.4) is 0 Å². The van der Waals surface area contributed by atoms with E-state index in [1.807, 2.05) is 0 Å². The molecule has 0 aliphatic carbocycles. The summed E-state index contributed by atoms with van der Waals surface area (Å²) in [7, 11) is 1.00. The SMILES string of the molecule is CO.NC(=O)NC(=O)O. The first-order valence-electron chi connectivity index (χ1n) is 1.87. The molecule has 0 aliphatic heterocycles. The van der Waals surface area contributed by atoms with Crippen LogP contribution in [0, 0.1) is 0 Å². The third-order valence-electron chi connectivity index (χ3n) is 0.230. The van der Waals surface area contributed by atoms with Crippen LogP contribution in [0.5, 0.6) is 0 Å². The van der Waals surface area contributed by atoms with Gasteiger partial charge in [-0.15, -0.1) is 0 Å². The van der Waals surface area contributed by atoms with E-state index in [4.69, 9.17) is 10.2 Å². The Bertz CT molecular complexity index is 90.0. The Morgan fingerprint density at radius 2 is 1.78 bits per heavy atom. The van der Waals surface area contributed by atoms with Gasteiger partial charge in [0.2, 0.25) is 0 Å². The van der Waals surface area contributed by atoms with Crippen LogP contribution >= 0.6 is 0 Å². The topological polar surface area (TPSA) is 113 Å². The van der Waals surface area contributed by atoms with Gasteiger partial charge >= 0.3 is 12.1 Å². The number of rotatable bonds is 0. The Morgan fingerprint density at radius 1 is 1.44 bits per heavy atom. The first-order valence-corrected chi connectivity index (χ1v) is 1.87. The molecule has 9 heavy (non-hydrogen) atoms. The summed E-state index contributed by atoms with van der Waals surface area (Å²) in [5, 5.41) is 16.0. The van der Waals surface area contributed by atoms with E-state index >= 15 is 0 Å². The van der Waals surface area contributed by atoms with Crippen LogP contribution in [0.25, 0.3) is 0 Å². The van der Waals surface area contributed by atoms with Crippen molar-refractivity contribution >= 4 is 12.1 Å². The van der Waals surface area contributed by atoms with Crippen molar-refractivity contribution in [2.45, 2.75) is 0 Å². The van der Waals surface area contributed by atoms with Crippen LogP contribution in [-0.2, 0) is 0 Å². The molecular formula is C3H8N2O4. The third kappa shape index (κ3) is 20.3. The molecule has 0 spiro atoms. The maximum atomic E-state index is 9.54. The number of aliphatic hydroxyl groups is 1. The second-order valence-electron chi connectivity index (χ2n) is 0.794. The molecule has 0 bridgehead atoms. The zero-order valence-electron chi connectivity index (χ0n) is 4.79. The molecule has 0 unspecified atom stereocenters. The van der Waals surface area contributed by atoms with E-state index in [1.54, 1.807) is 0 Å². The number of urea groups is 1. The van der Waals surface area contributed by atoms with Crippen molar-refractivity contribution in [1.29, 1.82) is 0 Å². The molecule has 0 aromatic rings. The van der Waals surface area contributed by atoms with E-state index in [0.717, 1.165) is 7.11 Å². The fourth-order valence-electron chi connectivity index (χ4n) is 0.105. The molecule has 6 heteroatoms. The normalized spacial score (nSPS) is 6.44. The lowest BCUT2D eigenvalue weighted by Gasteiger charge is -1.86. The van der Waals surface area contributed by atoms with Crippen molar-refractivity contribution in [3.05, 3.63) is 0 Å². The maximum absolute atomic E-state index is 9.54.